The third-order valence-corrected chi connectivity index (χ3v) is 7.66. The van der Waals surface area contributed by atoms with E-state index in [1.807, 2.05) is 20.8 Å². The largest absolute Gasteiger partial charge is 0.379 e. The van der Waals surface area contributed by atoms with Gasteiger partial charge >= 0.3 is 0 Å². The van der Waals surface area contributed by atoms with Gasteiger partial charge in [-0.05, 0) is 74.7 Å². The molecule has 3 N–H and O–H groups in total. The van der Waals surface area contributed by atoms with E-state index >= 15 is 0 Å². The average Bonchev–Trinajstić information content (AvgIpc) is 3.04. The molecule has 2 rings (SSSR count). The number of nitrogens with one attached hydrogen (secondary N) is 2. The Hall–Kier alpha value is -1.47. The predicted molar refractivity (Wildman–Crippen MR) is 139 cm³/mol. The number of imide groups is 1. The molecule has 2 aliphatic rings. The molecule has 202 valence electrons. The first-order valence-corrected chi connectivity index (χ1v) is 13.8. The fourth-order valence-corrected chi connectivity index (χ4v) is 5.13. The molecular formula is C28H51N3O4. The molecule has 2 atom stereocenters. The number of hydrogen-bond acceptors (Lipinski definition) is 5. The second-order valence-electron chi connectivity index (χ2n) is 13.1. The first-order valence-electron chi connectivity index (χ1n) is 13.8. The fourth-order valence-electron chi connectivity index (χ4n) is 5.13. The number of aliphatic hydroxyl groups is 1. The molecule has 0 radical (unpaired) electrons. The lowest BCUT2D eigenvalue weighted by molar-refractivity contribution is -0.141. The van der Waals surface area contributed by atoms with Crippen LogP contribution in [0.5, 0.6) is 0 Å². The van der Waals surface area contributed by atoms with Crippen LogP contribution >= 0.6 is 0 Å². The van der Waals surface area contributed by atoms with E-state index < -0.39 is 6.23 Å². The fraction of sp³-hybridized carbons (Fsp3) is 0.893. The Morgan fingerprint density at radius 3 is 2.23 bits per heavy atom. The van der Waals surface area contributed by atoms with E-state index in [9.17, 15) is 19.5 Å². The zero-order valence-electron chi connectivity index (χ0n) is 23.1. The van der Waals surface area contributed by atoms with Crippen LogP contribution in [0.4, 0.5) is 0 Å². The quantitative estimate of drug-likeness (QED) is 0.215. The van der Waals surface area contributed by atoms with Crippen LogP contribution in [0.2, 0.25) is 0 Å². The van der Waals surface area contributed by atoms with Gasteiger partial charge in [-0.2, -0.15) is 0 Å². The summed E-state index contributed by atoms with van der Waals surface area (Å²) in [4.78, 5) is 39.2. The number of likely N-dealkylation sites (tertiary alicyclic amines) is 1. The molecule has 1 aliphatic heterocycles. The molecule has 1 saturated carbocycles. The highest BCUT2D eigenvalue weighted by molar-refractivity contribution is 6.03. The van der Waals surface area contributed by atoms with E-state index in [0.29, 0.717) is 25.4 Å². The van der Waals surface area contributed by atoms with Crippen LogP contribution in [0.15, 0.2) is 0 Å². The van der Waals surface area contributed by atoms with Crippen LogP contribution in [0.3, 0.4) is 0 Å². The summed E-state index contributed by atoms with van der Waals surface area (Å²) < 4.78 is 0. The summed E-state index contributed by atoms with van der Waals surface area (Å²) >= 11 is 0. The van der Waals surface area contributed by atoms with Crippen LogP contribution in [-0.2, 0) is 14.4 Å². The van der Waals surface area contributed by atoms with Gasteiger partial charge in [-0.1, -0.05) is 48.0 Å². The number of hydrogen-bond donors (Lipinski definition) is 3. The van der Waals surface area contributed by atoms with Crippen molar-refractivity contribution in [2.24, 2.45) is 28.6 Å². The number of nitrogens with zero attached hydrogens (tertiary/aromatic N) is 1. The van der Waals surface area contributed by atoms with E-state index in [4.69, 9.17) is 0 Å². The van der Waals surface area contributed by atoms with E-state index in [1.165, 1.54) is 4.90 Å². The number of aliphatic hydroxyl groups excluding tert-OH is 1. The minimum absolute atomic E-state index is 0.0180. The van der Waals surface area contributed by atoms with Gasteiger partial charge in [0.15, 0.2) is 0 Å². The number of unbranched alkanes of at least 4 members (excludes halogenated alkanes) is 2. The third-order valence-electron chi connectivity index (χ3n) is 7.66. The molecule has 0 aromatic heterocycles. The smallest absolute Gasteiger partial charge is 0.233 e. The standard InChI is InChI=1S/C28H51N3O4/c1-27(2,3)15-17-29-23(32)10-8-7-9-16-30-25(34)21-13-11-20(12-14-21)19-31-24(33)18-22(26(31)35)28(4,5)6/h20-23,29,32H,7-19H2,1-6H3,(H,30,34). The van der Waals surface area contributed by atoms with Crippen LogP contribution in [0.25, 0.3) is 0 Å². The van der Waals surface area contributed by atoms with Crippen LogP contribution < -0.4 is 10.6 Å². The predicted octanol–water partition coefficient (Wildman–Crippen LogP) is 4.23. The maximum Gasteiger partial charge on any atom is 0.233 e. The van der Waals surface area contributed by atoms with Crippen LogP contribution in [0.1, 0.15) is 106 Å². The van der Waals surface area contributed by atoms with Crippen LogP contribution in [-0.4, -0.2) is 53.6 Å². The maximum absolute atomic E-state index is 12.7. The summed E-state index contributed by atoms with van der Waals surface area (Å²) in [5, 5.41) is 16.3. The topological polar surface area (TPSA) is 98.7 Å². The van der Waals surface area contributed by atoms with Gasteiger partial charge in [-0.15, -0.1) is 0 Å². The molecule has 2 unspecified atom stereocenters. The SMILES string of the molecule is CC(C)(C)CCNC(O)CCCCCNC(=O)C1CCC(CN2C(=O)CC(C(C)(C)C)C2=O)CC1. The zero-order chi connectivity index (χ0) is 26.2. The minimum atomic E-state index is -0.451. The summed E-state index contributed by atoms with van der Waals surface area (Å²) in [5.41, 5.74) is 0.0753. The normalized spacial score (nSPS) is 24.7. The van der Waals surface area contributed by atoms with Gasteiger partial charge in [-0.25, -0.2) is 0 Å². The van der Waals surface area contributed by atoms with Gasteiger partial charge in [0.2, 0.25) is 17.7 Å². The third kappa shape index (κ3) is 10.2. The second-order valence-corrected chi connectivity index (χ2v) is 13.1. The van der Waals surface area contributed by atoms with E-state index in [-0.39, 0.29) is 40.4 Å². The lowest BCUT2D eigenvalue weighted by atomic mass is 9.79. The average molecular weight is 494 g/mol. The van der Waals surface area contributed by atoms with Crippen molar-refractivity contribution in [1.29, 1.82) is 0 Å². The molecule has 0 aromatic carbocycles. The van der Waals surface area contributed by atoms with Gasteiger partial charge < -0.3 is 10.4 Å². The Kier molecular flexibility index (Phi) is 11.2. The lowest BCUT2D eigenvalue weighted by Gasteiger charge is -2.31. The number of rotatable bonds is 12. The first kappa shape index (κ1) is 29.8. The molecule has 7 heteroatoms. The Morgan fingerprint density at radius 2 is 1.66 bits per heavy atom. The number of carbonyl (C=O) groups is 3. The van der Waals surface area contributed by atoms with Gasteiger partial charge in [0.1, 0.15) is 6.23 Å². The van der Waals surface area contributed by atoms with Crippen molar-refractivity contribution in [3.05, 3.63) is 0 Å². The van der Waals surface area contributed by atoms with E-state index in [1.54, 1.807) is 0 Å². The molecule has 35 heavy (non-hydrogen) atoms. The number of amides is 3. The number of carbonyl (C=O) groups excluding carboxylic acids is 3. The van der Waals surface area contributed by atoms with Crippen LogP contribution in [0, 0.1) is 28.6 Å². The summed E-state index contributed by atoms with van der Waals surface area (Å²) in [6.45, 7) is 14.7. The highest BCUT2D eigenvalue weighted by Gasteiger charge is 2.45. The van der Waals surface area contributed by atoms with Crippen molar-refractivity contribution < 1.29 is 19.5 Å². The molecule has 0 spiro atoms. The molecular weight excluding hydrogens is 442 g/mol. The van der Waals surface area contributed by atoms with Gasteiger partial charge in [-0.3, -0.25) is 24.6 Å². The Balaban J connectivity index is 1.56. The molecule has 2 fully saturated rings. The lowest BCUT2D eigenvalue weighted by Crippen LogP contribution is -2.39. The molecule has 7 nitrogen and oxygen atoms in total. The minimum Gasteiger partial charge on any atom is -0.379 e. The summed E-state index contributed by atoms with van der Waals surface area (Å²) in [5.74, 6) is 0.193. The van der Waals surface area contributed by atoms with E-state index in [2.05, 4.69) is 31.4 Å². The Morgan fingerprint density at radius 1 is 1.00 bits per heavy atom. The molecule has 1 saturated heterocycles. The van der Waals surface area contributed by atoms with Crippen molar-refractivity contribution in [3.8, 4) is 0 Å². The van der Waals surface area contributed by atoms with Crippen molar-refractivity contribution in [1.82, 2.24) is 15.5 Å². The van der Waals surface area contributed by atoms with Gasteiger partial charge in [0.05, 0.1) is 5.92 Å². The Labute approximate surface area is 213 Å². The summed E-state index contributed by atoms with van der Waals surface area (Å²) in [7, 11) is 0. The zero-order valence-corrected chi connectivity index (χ0v) is 23.1. The van der Waals surface area contributed by atoms with Gasteiger partial charge in [0.25, 0.3) is 0 Å². The van der Waals surface area contributed by atoms with Crippen molar-refractivity contribution >= 4 is 17.7 Å². The van der Waals surface area contributed by atoms with Crippen molar-refractivity contribution in [2.75, 3.05) is 19.6 Å². The molecule has 0 aromatic rings. The highest BCUT2D eigenvalue weighted by atomic mass is 16.3. The molecule has 3 amide bonds. The Bertz CT molecular complexity index is 702. The summed E-state index contributed by atoms with van der Waals surface area (Å²) in [6.07, 6.45) is 7.90. The molecule has 0 bridgehead atoms. The maximum atomic E-state index is 12.7. The summed E-state index contributed by atoms with van der Waals surface area (Å²) in [6, 6.07) is 0. The second kappa shape index (κ2) is 13.2. The highest BCUT2D eigenvalue weighted by Crippen LogP contribution is 2.37. The van der Waals surface area contributed by atoms with Crippen molar-refractivity contribution in [3.63, 3.8) is 0 Å². The van der Waals surface area contributed by atoms with E-state index in [0.717, 1.165) is 64.3 Å². The molecule has 1 aliphatic carbocycles. The monoisotopic (exact) mass is 493 g/mol. The van der Waals surface area contributed by atoms with Gasteiger partial charge in [0, 0.05) is 25.4 Å². The first-order chi connectivity index (χ1) is 16.3. The van der Waals surface area contributed by atoms with Crippen molar-refractivity contribution in [2.45, 2.75) is 112 Å². The molecule has 1 heterocycles.